The average Bonchev–Trinajstić information content (AvgIpc) is 3.12. The number of carbonyl (C=O) groups excluding carboxylic acids is 1. The number of oxazole rings is 1. The lowest BCUT2D eigenvalue weighted by atomic mass is 10.1. The lowest BCUT2D eigenvalue weighted by molar-refractivity contribution is -0.384. The lowest BCUT2D eigenvalue weighted by Crippen LogP contribution is -2.17. The maximum absolute atomic E-state index is 12.5. The molecule has 1 heterocycles. The Morgan fingerprint density at radius 2 is 1.93 bits per heavy atom. The molecule has 0 aliphatic rings. The van der Waals surface area contributed by atoms with Crippen molar-refractivity contribution in [2.45, 2.75) is 13.3 Å². The Morgan fingerprint density at radius 3 is 2.60 bits per heavy atom. The van der Waals surface area contributed by atoms with Crippen LogP contribution >= 0.6 is 0 Å². The smallest absolute Gasteiger partial charge is 0.461 e. The Bertz CT molecular complexity index is 1090. The van der Waals surface area contributed by atoms with Gasteiger partial charge in [0.1, 0.15) is 5.75 Å². The molecule has 0 saturated heterocycles. The number of nitro benzene ring substituents is 1. The maximum Gasteiger partial charge on any atom is 0.573 e. The minimum atomic E-state index is -4.90. The number of nitro groups is 1. The van der Waals surface area contributed by atoms with Crippen LogP contribution in [0.25, 0.3) is 22.8 Å². The third kappa shape index (κ3) is 4.57. The fourth-order valence-corrected chi connectivity index (χ4v) is 2.62. The van der Waals surface area contributed by atoms with E-state index < -0.39 is 23.0 Å². The lowest BCUT2D eigenvalue weighted by Gasteiger charge is -2.08. The number of esters is 1. The van der Waals surface area contributed by atoms with Crippen LogP contribution < -0.4 is 4.74 Å². The summed E-state index contributed by atoms with van der Waals surface area (Å²) in [7, 11) is 0. The third-order valence-electron chi connectivity index (χ3n) is 3.76. The van der Waals surface area contributed by atoms with Gasteiger partial charge in [-0.05, 0) is 31.2 Å². The highest BCUT2D eigenvalue weighted by atomic mass is 19.4. The fraction of sp³-hybridized carbons (Fsp3) is 0.158. The summed E-state index contributed by atoms with van der Waals surface area (Å²) in [4.78, 5) is 27.0. The summed E-state index contributed by atoms with van der Waals surface area (Å²) < 4.78 is 51.8. The number of alkyl halides is 3. The van der Waals surface area contributed by atoms with Crippen LogP contribution in [0.3, 0.4) is 0 Å². The molecule has 0 spiro atoms. The van der Waals surface area contributed by atoms with Crippen molar-refractivity contribution >= 4 is 11.7 Å². The molecular weight excluding hydrogens is 409 g/mol. The molecule has 0 saturated carbocycles. The average molecular weight is 422 g/mol. The second-order valence-corrected chi connectivity index (χ2v) is 5.77. The monoisotopic (exact) mass is 422 g/mol. The molecule has 0 fully saturated rings. The summed E-state index contributed by atoms with van der Waals surface area (Å²) in [6.45, 7) is 1.56. The van der Waals surface area contributed by atoms with Crippen LogP contribution in [-0.2, 0) is 4.74 Å². The highest BCUT2D eigenvalue weighted by Crippen LogP contribution is 2.36. The Kier molecular flexibility index (Phi) is 5.72. The van der Waals surface area contributed by atoms with Gasteiger partial charge in [0, 0.05) is 11.6 Å². The van der Waals surface area contributed by atoms with E-state index in [0.717, 1.165) is 12.1 Å². The molecule has 0 radical (unpaired) electrons. The molecule has 1 aromatic heterocycles. The number of hydrogen-bond acceptors (Lipinski definition) is 7. The number of para-hydroxylation sites is 1. The molecule has 0 N–H and O–H groups in total. The van der Waals surface area contributed by atoms with Crippen LogP contribution in [0.2, 0.25) is 0 Å². The van der Waals surface area contributed by atoms with Crippen LogP contribution in [0.4, 0.5) is 18.9 Å². The number of nitrogens with zero attached hydrogens (tertiary/aromatic N) is 2. The van der Waals surface area contributed by atoms with Crippen molar-refractivity contribution < 1.29 is 36.8 Å². The number of halogens is 3. The Labute approximate surface area is 167 Å². The minimum Gasteiger partial charge on any atom is -0.461 e. The highest BCUT2D eigenvalue weighted by molar-refractivity contribution is 5.95. The standard InChI is InChI=1S/C19H13F3N2O6/c1-2-28-18(25)15-16(13-8-3-4-9-14(13)24(26)27)29-17(23-15)11-6-5-7-12(10-11)30-19(20,21)22/h3-10H,2H2,1H3. The summed E-state index contributed by atoms with van der Waals surface area (Å²) in [5.74, 6) is -1.90. The first-order valence-corrected chi connectivity index (χ1v) is 8.47. The molecule has 156 valence electrons. The van der Waals surface area contributed by atoms with Crippen molar-refractivity contribution in [1.82, 2.24) is 4.98 Å². The van der Waals surface area contributed by atoms with E-state index in [1.54, 1.807) is 6.92 Å². The first kappa shape index (κ1) is 20.8. The van der Waals surface area contributed by atoms with Crippen molar-refractivity contribution in [1.29, 1.82) is 0 Å². The van der Waals surface area contributed by atoms with Crippen molar-refractivity contribution in [2.24, 2.45) is 0 Å². The van der Waals surface area contributed by atoms with Gasteiger partial charge in [0.2, 0.25) is 5.89 Å². The SMILES string of the molecule is CCOC(=O)c1nc(-c2cccc(OC(F)(F)F)c2)oc1-c1ccccc1[N+](=O)[O-]. The number of hydrogen-bond donors (Lipinski definition) is 0. The molecule has 0 unspecified atom stereocenters. The van der Waals surface area contributed by atoms with E-state index in [9.17, 15) is 28.1 Å². The number of carbonyl (C=O) groups is 1. The van der Waals surface area contributed by atoms with Crippen LogP contribution in [0.15, 0.2) is 52.9 Å². The molecular formula is C19H13F3N2O6. The van der Waals surface area contributed by atoms with E-state index in [4.69, 9.17) is 9.15 Å². The summed E-state index contributed by atoms with van der Waals surface area (Å²) in [5.41, 5.74) is -0.665. The zero-order valence-electron chi connectivity index (χ0n) is 15.3. The zero-order valence-corrected chi connectivity index (χ0v) is 15.3. The minimum absolute atomic E-state index is 0.00621. The van der Waals surface area contributed by atoms with Gasteiger partial charge in [0.25, 0.3) is 5.69 Å². The third-order valence-corrected chi connectivity index (χ3v) is 3.76. The Hall–Kier alpha value is -3.89. The van der Waals surface area contributed by atoms with Crippen LogP contribution in [-0.4, -0.2) is 28.8 Å². The molecule has 8 nitrogen and oxygen atoms in total. The van der Waals surface area contributed by atoms with Gasteiger partial charge in [-0.1, -0.05) is 18.2 Å². The highest BCUT2D eigenvalue weighted by Gasteiger charge is 2.32. The van der Waals surface area contributed by atoms with Crippen LogP contribution in [0, 0.1) is 10.1 Å². The van der Waals surface area contributed by atoms with Gasteiger partial charge in [-0.15, -0.1) is 13.2 Å². The fourth-order valence-electron chi connectivity index (χ4n) is 2.62. The molecule has 2 aromatic carbocycles. The summed E-state index contributed by atoms with van der Waals surface area (Å²) >= 11 is 0. The summed E-state index contributed by atoms with van der Waals surface area (Å²) in [6, 6.07) is 10.2. The second kappa shape index (κ2) is 8.23. The number of aromatic nitrogens is 1. The molecule has 0 atom stereocenters. The molecule has 0 amide bonds. The van der Waals surface area contributed by atoms with Crippen molar-refractivity contribution in [3.63, 3.8) is 0 Å². The van der Waals surface area contributed by atoms with Crippen LogP contribution in [0.5, 0.6) is 5.75 Å². The van der Waals surface area contributed by atoms with Crippen molar-refractivity contribution in [3.8, 4) is 28.5 Å². The number of ether oxygens (including phenoxy) is 2. The van der Waals surface area contributed by atoms with E-state index in [1.165, 1.54) is 36.4 Å². The second-order valence-electron chi connectivity index (χ2n) is 5.77. The van der Waals surface area contributed by atoms with Gasteiger partial charge in [0.05, 0.1) is 17.1 Å². The number of rotatable bonds is 6. The summed E-state index contributed by atoms with van der Waals surface area (Å²) in [5, 5.41) is 11.4. The predicted octanol–water partition coefficient (Wildman–Crippen LogP) is 4.99. The quantitative estimate of drug-likeness (QED) is 0.313. The first-order valence-electron chi connectivity index (χ1n) is 8.47. The predicted molar refractivity (Wildman–Crippen MR) is 96.7 cm³/mol. The van der Waals surface area contributed by atoms with Gasteiger partial charge in [-0.3, -0.25) is 10.1 Å². The first-order chi connectivity index (χ1) is 14.2. The van der Waals surface area contributed by atoms with Gasteiger partial charge in [-0.25, -0.2) is 9.78 Å². The molecule has 30 heavy (non-hydrogen) atoms. The van der Waals surface area contributed by atoms with E-state index in [-0.39, 0.29) is 40.8 Å². The molecule has 0 aliphatic carbocycles. The maximum atomic E-state index is 12.5. The molecule has 0 aliphatic heterocycles. The van der Waals surface area contributed by atoms with Gasteiger partial charge in [-0.2, -0.15) is 0 Å². The van der Waals surface area contributed by atoms with Crippen LogP contribution in [0.1, 0.15) is 17.4 Å². The van der Waals surface area contributed by atoms with E-state index in [1.807, 2.05) is 0 Å². The summed E-state index contributed by atoms with van der Waals surface area (Å²) in [6.07, 6.45) is -4.90. The zero-order chi connectivity index (χ0) is 21.9. The molecule has 11 heteroatoms. The van der Waals surface area contributed by atoms with Gasteiger partial charge < -0.3 is 13.9 Å². The van der Waals surface area contributed by atoms with Crippen molar-refractivity contribution in [3.05, 3.63) is 64.3 Å². The van der Waals surface area contributed by atoms with Gasteiger partial charge in [0.15, 0.2) is 11.5 Å². The molecule has 3 aromatic rings. The van der Waals surface area contributed by atoms with E-state index in [0.29, 0.717) is 0 Å². The normalized spacial score (nSPS) is 11.2. The topological polar surface area (TPSA) is 105 Å². The van der Waals surface area contributed by atoms with E-state index >= 15 is 0 Å². The van der Waals surface area contributed by atoms with E-state index in [2.05, 4.69) is 9.72 Å². The largest absolute Gasteiger partial charge is 0.573 e. The van der Waals surface area contributed by atoms with Gasteiger partial charge >= 0.3 is 12.3 Å². The van der Waals surface area contributed by atoms with Crippen molar-refractivity contribution in [2.75, 3.05) is 6.61 Å². The molecule has 3 rings (SSSR count). The number of benzene rings is 2. The Morgan fingerprint density at radius 1 is 1.20 bits per heavy atom. The molecule has 0 bridgehead atoms. The Balaban J connectivity index is 2.14.